The smallest absolute Gasteiger partial charge is 0.217 e. The van der Waals surface area contributed by atoms with Crippen LogP contribution in [0.4, 0.5) is 0 Å². The molecule has 1 N–H and O–H groups in total. The molecular weight excluding hydrogens is 332 g/mol. The average Bonchev–Trinajstić information content (AvgIpc) is 2.72. The first kappa shape index (κ1) is 14.2. The van der Waals surface area contributed by atoms with Crippen LogP contribution in [-0.4, -0.2) is 13.6 Å². The Labute approximate surface area is 120 Å². The second kappa shape index (κ2) is 5.85. The molecule has 2 rings (SSSR count). The van der Waals surface area contributed by atoms with Gasteiger partial charge in [-0.2, -0.15) is 0 Å². The lowest BCUT2D eigenvalue weighted by Gasteiger charge is -2.05. The van der Waals surface area contributed by atoms with E-state index >= 15 is 0 Å². The summed E-state index contributed by atoms with van der Waals surface area (Å²) in [7, 11) is -3.42. The van der Waals surface area contributed by atoms with E-state index in [-0.39, 0.29) is 12.3 Å². The van der Waals surface area contributed by atoms with Gasteiger partial charge in [-0.3, -0.25) is 0 Å². The second-order valence-electron chi connectivity index (χ2n) is 4.14. The molecule has 0 saturated carbocycles. The Hall–Kier alpha value is -1.18. The van der Waals surface area contributed by atoms with Crippen LogP contribution in [0.1, 0.15) is 17.0 Å². The highest BCUT2D eigenvalue weighted by molar-refractivity contribution is 9.10. The zero-order chi connectivity index (χ0) is 13.9. The molecule has 0 unspecified atom stereocenters. The Morgan fingerprint density at radius 1 is 1.37 bits per heavy atom. The molecule has 1 heterocycles. The molecule has 0 aliphatic rings. The molecule has 0 saturated heterocycles. The highest BCUT2D eigenvalue weighted by atomic mass is 79.9. The third-order valence-electron chi connectivity index (χ3n) is 2.40. The Kier molecular flexibility index (Phi) is 4.38. The number of sulfonamides is 1. The van der Waals surface area contributed by atoms with Crippen molar-refractivity contribution in [3.8, 4) is 0 Å². The number of rotatable bonds is 5. The van der Waals surface area contributed by atoms with E-state index in [0.717, 1.165) is 10.0 Å². The van der Waals surface area contributed by atoms with Crippen molar-refractivity contribution in [2.45, 2.75) is 19.2 Å². The SMILES string of the molecule is Cc1cc(CS(=O)(=O)NCc2cccc(Br)c2)no1. The number of halogens is 1. The molecule has 5 nitrogen and oxygen atoms in total. The Morgan fingerprint density at radius 2 is 2.16 bits per heavy atom. The summed E-state index contributed by atoms with van der Waals surface area (Å²) in [5.74, 6) is 0.412. The van der Waals surface area contributed by atoms with Gasteiger partial charge in [-0.15, -0.1) is 0 Å². The van der Waals surface area contributed by atoms with Crippen LogP contribution in [0.3, 0.4) is 0 Å². The summed E-state index contributed by atoms with van der Waals surface area (Å²) in [4.78, 5) is 0. The lowest BCUT2D eigenvalue weighted by Crippen LogP contribution is -2.24. The number of aryl methyl sites for hydroxylation is 1. The lowest BCUT2D eigenvalue weighted by molar-refractivity contribution is 0.392. The van der Waals surface area contributed by atoms with Gasteiger partial charge in [-0.1, -0.05) is 33.2 Å². The molecule has 0 aliphatic heterocycles. The molecule has 0 amide bonds. The summed E-state index contributed by atoms with van der Waals surface area (Å²) in [5, 5.41) is 3.67. The minimum Gasteiger partial charge on any atom is -0.361 e. The topological polar surface area (TPSA) is 72.2 Å². The molecule has 7 heteroatoms. The molecule has 0 radical (unpaired) electrons. The van der Waals surface area contributed by atoms with E-state index < -0.39 is 10.0 Å². The fourth-order valence-electron chi connectivity index (χ4n) is 1.57. The zero-order valence-electron chi connectivity index (χ0n) is 10.3. The van der Waals surface area contributed by atoms with Gasteiger partial charge in [-0.05, 0) is 24.6 Å². The fourth-order valence-corrected chi connectivity index (χ4v) is 3.03. The van der Waals surface area contributed by atoms with Gasteiger partial charge in [0.1, 0.15) is 17.2 Å². The Morgan fingerprint density at radius 3 is 2.79 bits per heavy atom. The van der Waals surface area contributed by atoms with E-state index in [9.17, 15) is 8.42 Å². The van der Waals surface area contributed by atoms with Crippen molar-refractivity contribution in [3.63, 3.8) is 0 Å². The minimum atomic E-state index is -3.42. The van der Waals surface area contributed by atoms with Crippen LogP contribution in [0.25, 0.3) is 0 Å². The predicted octanol–water partition coefficient (Wildman–Crippen LogP) is 2.37. The molecule has 19 heavy (non-hydrogen) atoms. The maximum absolute atomic E-state index is 11.9. The van der Waals surface area contributed by atoms with Gasteiger partial charge in [0, 0.05) is 17.1 Å². The normalized spacial score (nSPS) is 11.7. The number of hydrogen-bond donors (Lipinski definition) is 1. The maximum Gasteiger partial charge on any atom is 0.217 e. The van der Waals surface area contributed by atoms with Crippen LogP contribution >= 0.6 is 15.9 Å². The van der Waals surface area contributed by atoms with Crippen LogP contribution in [0.15, 0.2) is 39.3 Å². The van der Waals surface area contributed by atoms with Crippen molar-refractivity contribution < 1.29 is 12.9 Å². The molecule has 0 atom stereocenters. The molecule has 102 valence electrons. The van der Waals surface area contributed by atoms with Crippen LogP contribution in [0, 0.1) is 6.92 Å². The summed E-state index contributed by atoms with van der Waals surface area (Å²) in [6.45, 7) is 1.97. The zero-order valence-corrected chi connectivity index (χ0v) is 12.7. The summed E-state index contributed by atoms with van der Waals surface area (Å²) >= 11 is 3.34. The van der Waals surface area contributed by atoms with Gasteiger partial charge in [0.05, 0.1) is 0 Å². The first-order valence-electron chi connectivity index (χ1n) is 5.58. The van der Waals surface area contributed by atoms with Gasteiger partial charge < -0.3 is 4.52 Å². The quantitative estimate of drug-likeness (QED) is 0.903. The summed E-state index contributed by atoms with van der Waals surface area (Å²) in [6.07, 6.45) is 0. The largest absolute Gasteiger partial charge is 0.361 e. The molecule has 1 aromatic heterocycles. The van der Waals surface area contributed by atoms with Crippen molar-refractivity contribution in [3.05, 3.63) is 51.8 Å². The van der Waals surface area contributed by atoms with Crippen LogP contribution in [0.2, 0.25) is 0 Å². The first-order chi connectivity index (χ1) is 8.94. The second-order valence-corrected chi connectivity index (χ2v) is 6.86. The molecule has 0 fully saturated rings. The van der Waals surface area contributed by atoms with Crippen molar-refractivity contribution in [1.82, 2.24) is 9.88 Å². The van der Waals surface area contributed by atoms with E-state index in [2.05, 4.69) is 25.8 Å². The van der Waals surface area contributed by atoms with E-state index in [1.54, 1.807) is 13.0 Å². The van der Waals surface area contributed by atoms with Crippen molar-refractivity contribution >= 4 is 26.0 Å². The first-order valence-corrected chi connectivity index (χ1v) is 8.03. The van der Waals surface area contributed by atoms with E-state index in [0.29, 0.717) is 11.5 Å². The van der Waals surface area contributed by atoms with Gasteiger partial charge in [-0.25, -0.2) is 13.1 Å². The summed E-state index contributed by atoms with van der Waals surface area (Å²) < 4.78 is 32.0. The van der Waals surface area contributed by atoms with E-state index in [1.165, 1.54) is 0 Å². The average molecular weight is 345 g/mol. The van der Waals surface area contributed by atoms with Crippen LogP contribution < -0.4 is 4.72 Å². The summed E-state index contributed by atoms with van der Waals surface area (Å²) in [5.41, 5.74) is 1.29. The van der Waals surface area contributed by atoms with Gasteiger partial charge in [0.25, 0.3) is 0 Å². The fraction of sp³-hybridized carbons (Fsp3) is 0.250. The Balaban J connectivity index is 1.98. The van der Waals surface area contributed by atoms with Crippen molar-refractivity contribution in [1.29, 1.82) is 0 Å². The van der Waals surface area contributed by atoms with Crippen LogP contribution in [-0.2, 0) is 22.3 Å². The van der Waals surface area contributed by atoms with E-state index in [4.69, 9.17) is 4.52 Å². The molecule has 0 spiro atoms. The number of hydrogen-bond acceptors (Lipinski definition) is 4. The van der Waals surface area contributed by atoms with E-state index in [1.807, 2.05) is 24.3 Å². The lowest BCUT2D eigenvalue weighted by atomic mass is 10.2. The minimum absolute atomic E-state index is 0.182. The van der Waals surface area contributed by atoms with Crippen LogP contribution in [0.5, 0.6) is 0 Å². The predicted molar refractivity (Wildman–Crippen MR) is 74.8 cm³/mol. The number of nitrogens with one attached hydrogen (secondary N) is 1. The molecule has 0 aliphatic carbocycles. The third kappa shape index (κ3) is 4.45. The number of benzene rings is 1. The standard InChI is InChI=1S/C12H13BrN2O3S/c1-9-5-12(15-18-9)8-19(16,17)14-7-10-3-2-4-11(13)6-10/h2-6,14H,7-8H2,1H3. The number of nitrogens with zero attached hydrogens (tertiary/aromatic N) is 1. The highest BCUT2D eigenvalue weighted by Crippen LogP contribution is 2.12. The molecule has 0 bridgehead atoms. The van der Waals surface area contributed by atoms with Crippen molar-refractivity contribution in [2.75, 3.05) is 0 Å². The van der Waals surface area contributed by atoms with Gasteiger partial charge in [0.15, 0.2) is 0 Å². The van der Waals surface area contributed by atoms with Crippen molar-refractivity contribution in [2.24, 2.45) is 0 Å². The van der Waals surface area contributed by atoms with Gasteiger partial charge >= 0.3 is 0 Å². The third-order valence-corrected chi connectivity index (χ3v) is 4.15. The number of aromatic nitrogens is 1. The highest BCUT2D eigenvalue weighted by Gasteiger charge is 2.14. The summed E-state index contributed by atoms with van der Waals surface area (Å²) in [6, 6.07) is 9.07. The van der Waals surface area contributed by atoms with Gasteiger partial charge in [0.2, 0.25) is 10.0 Å². The molecule has 2 aromatic rings. The monoisotopic (exact) mass is 344 g/mol. The maximum atomic E-state index is 11.9. The molecular formula is C12H13BrN2O3S. The molecule has 1 aromatic carbocycles. The Bertz CT molecular complexity index is 667.